The van der Waals surface area contributed by atoms with Crippen molar-refractivity contribution in [1.29, 1.82) is 0 Å². The molecule has 0 aliphatic rings. The van der Waals surface area contributed by atoms with E-state index in [0.717, 1.165) is 0 Å². The number of rotatable bonds is 6. The second-order valence-corrected chi connectivity index (χ2v) is 4.11. The molecule has 0 aromatic heterocycles. The zero-order chi connectivity index (χ0) is 13.7. The highest BCUT2D eigenvalue weighted by Crippen LogP contribution is 2.14. The van der Waals surface area contributed by atoms with Crippen molar-refractivity contribution in [2.75, 3.05) is 13.2 Å². The van der Waals surface area contributed by atoms with Gasteiger partial charge in [0.05, 0.1) is 6.42 Å². The summed E-state index contributed by atoms with van der Waals surface area (Å²) in [7, 11) is 0. The zero-order valence-electron chi connectivity index (χ0n) is 9.43. The van der Waals surface area contributed by atoms with Crippen LogP contribution in [0.4, 0.5) is 13.2 Å². The largest absolute Gasteiger partial charge is 0.481 e. The number of amides is 1. The standard InChI is InChI=1S/C9H14F3NO4/c1-8(2,3-7(15)16)13-6(14)4-17-5-9(10,11)12/h3-5H2,1-2H3,(H,13,14)(H,15,16). The number of carbonyl (C=O) groups is 2. The van der Waals surface area contributed by atoms with Gasteiger partial charge in [-0.3, -0.25) is 9.59 Å². The van der Waals surface area contributed by atoms with Gasteiger partial charge >= 0.3 is 12.1 Å². The first-order valence-corrected chi connectivity index (χ1v) is 4.69. The number of ether oxygens (including phenoxy) is 1. The molecule has 1 amide bonds. The molecule has 0 heterocycles. The number of aliphatic carboxylic acids is 1. The van der Waals surface area contributed by atoms with Crippen LogP contribution in [0.1, 0.15) is 20.3 Å². The van der Waals surface area contributed by atoms with E-state index in [-0.39, 0.29) is 6.42 Å². The van der Waals surface area contributed by atoms with Crippen molar-refractivity contribution >= 4 is 11.9 Å². The van der Waals surface area contributed by atoms with Crippen molar-refractivity contribution in [3.8, 4) is 0 Å². The molecule has 0 aliphatic carbocycles. The molecule has 0 aromatic carbocycles. The van der Waals surface area contributed by atoms with E-state index < -0.39 is 36.8 Å². The molecule has 0 bridgehead atoms. The van der Waals surface area contributed by atoms with Gasteiger partial charge in [-0.2, -0.15) is 13.2 Å². The Morgan fingerprint density at radius 3 is 2.24 bits per heavy atom. The maximum absolute atomic E-state index is 11.7. The third kappa shape index (κ3) is 9.61. The average molecular weight is 257 g/mol. The smallest absolute Gasteiger partial charge is 0.411 e. The summed E-state index contributed by atoms with van der Waals surface area (Å²) in [4.78, 5) is 21.5. The summed E-state index contributed by atoms with van der Waals surface area (Å²) in [6, 6.07) is 0. The van der Waals surface area contributed by atoms with E-state index in [1.165, 1.54) is 13.8 Å². The van der Waals surface area contributed by atoms with Crippen LogP contribution in [0.2, 0.25) is 0 Å². The van der Waals surface area contributed by atoms with Gasteiger partial charge in [0.1, 0.15) is 13.2 Å². The zero-order valence-corrected chi connectivity index (χ0v) is 9.43. The van der Waals surface area contributed by atoms with Crippen molar-refractivity contribution in [3.63, 3.8) is 0 Å². The first-order chi connectivity index (χ1) is 7.52. The van der Waals surface area contributed by atoms with Crippen LogP contribution in [0, 0.1) is 0 Å². The Kier molecular flexibility index (Phi) is 5.40. The predicted molar refractivity (Wildman–Crippen MR) is 51.3 cm³/mol. The Bertz CT molecular complexity index is 288. The van der Waals surface area contributed by atoms with Gasteiger partial charge in [-0.25, -0.2) is 0 Å². The molecular weight excluding hydrogens is 243 g/mol. The molecule has 0 saturated carbocycles. The summed E-state index contributed by atoms with van der Waals surface area (Å²) >= 11 is 0. The molecule has 8 heteroatoms. The Morgan fingerprint density at radius 1 is 1.29 bits per heavy atom. The molecule has 0 atom stereocenters. The fourth-order valence-electron chi connectivity index (χ4n) is 1.10. The van der Waals surface area contributed by atoms with Crippen LogP contribution in [-0.2, 0) is 14.3 Å². The van der Waals surface area contributed by atoms with E-state index in [2.05, 4.69) is 10.1 Å². The van der Waals surface area contributed by atoms with Gasteiger partial charge in [-0.1, -0.05) is 0 Å². The first kappa shape index (κ1) is 15.7. The number of carboxylic acids is 1. The van der Waals surface area contributed by atoms with E-state index in [0.29, 0.717) is 0 Å². The molecule has 0 saturated heterocycles. The maximum atomic E-state index is 11.7. The van der Waals surface area contributed by atoms with Gasteiger partial charge in [0, 0.05) is 5.54 Å². The average Bonchev–Trinajstić information content (AvgIpc) is 1.95. The number of hydrogen-bond acceptors (Lipinski definition) is 3. The van der Waals surface area contributed by atoms with E-state index >= 15 is 0 Å². The van der Waals surface area contributed by atoms with Crippen molar-refractivity contribution < 1.29 is 32.6 Å². The Balaban J connectivity index is 3.97. The number of hydrogen-bond donors (Lipinski definition) is 2. The van der Waals surface area contributed by atoms with E-state index in [4.69, 9.17) is 5.11 Å². The molecule has 100 valence electrons. The lowest BCUT2D eigenvalue weighted by Gasteiger charge is -2.24. The quantitative estimate of drug-likeness (QED) is 0.742. The third-order valence-electron chi connectivity index (χ3n) is 1.57. The highest BCUT2D eigenvalue weighted by Gasteiger charge is 2.28. The molecule has 0 unspecified atom stereocenters. The van der Waals surface area contributed by atoms with Crippen molar-refractivity contribution in [2.45, 2.75) is 32.0 Å². The number of alkyl halides is 3. The summed E-state index contributed by atoms with van der Waals surface area (Å²) in [5, 5.41) is 10.8. The van der Waals surface area contributed by atoms with Gasteiger partial charge in [-0.15, -0.1) is 0 Å². The fourth-order valence-corrected chi connectivity index (χ4v) is 1.10. The van der Waals surface area contributed by atoms with E-state index in [1.54, 1.807) is 0 Å². The second-order valence-electron chi connectivity index (χ2n) is 4.11. The highest BCUT2D eigenvalue weighted by atomic mass is 19.4. The molecule has 2 N–H and O–H groups in total. The highest BCUT2D eigenvalue weighted by molar-refractivity contribution is 5.79. The Labute approximate surface area is 95.9 Å². The summed E-state index contributed by atoms with van der Waals surface area (Å²) < 4.78 is 39.2. The van der Waals surface area contributed by atoms with Crippen LogP contribution in [0.25, 0.3) is 0 Å². The molecule has 5 nitrogen and oxygen atoms in total. The molecule has 17 heavy (non-hydrogen) atoms. The molecule has 0 radical (unpaired) electrons. The van der Waals surface area contributed by atoms with Crippen LogP contribution in [0.5, 0.6) is 0 Å². The summed E-state index contributed by atoms with van der Waals surface area (Å²) in [6.45, 7) is 0.619. The summed E-state index contributed by atoms with van der Waals surface area (Å²) in [5.41, 5.74) is -1.04. The van der Waals surface area contributed by atoms with Gasteiger partial charge in [0.25, 0.3) is 0 Å². The molecule has 0 aliphatic heterocycles. The molecular formula is C9H14F3NO4. The lowest BCUT2D eigenvalue weighted by Crippen LogP contribution is -2.46. The third-order valence-corrected chi connectivity index (χ3v) is 1.57. The van der Waals surface area contributed by atoms with E-state index in [1.807, 2.05) is 0 Å². The molecule has 0 aromatic rings. The molecule has 0 rings (SSSR count). The molecule has 0 spiro atoms. The predicted octanol–water partition coefficient (Wildman–Crippen LogP) is 0.935. The lowest BCUT2D eigenvalue weighted by molar-refractivity contribution is -0.175. The minimum atomic E-state index is -4.49. The van der Waals surface area contributed by atoms with Crippen LogP contribution in [0.3, 0.4) is 0 Å². The number of carbonyl (C=O) groups excluding carboxylic acids is 1. The van der Waals surface area contributed by atoms with Gasteiger partial charge in [0.15, 0.2) is 0 Å². The van der Waals surface area contributed by atoms with Crippen molar-refractivity contribution in [1.82, 2.24) is 5.32 Å². The van der Waals surface area contributed by atoms with Crippen LogP contribution in [-0.4, -0.2) is 41.9 Å². The number of carboxylic acid groups (broad SMARTS) is 1. The van der Waals surface area contributed by atoms with E-state index in [9.17, 15) is 22.8 Å². The minimum absolute atomic E-state index is 0.335. The first-order valence-electron chi connectivity index (χ1n) is 4.69. The SMILES string of the molecule is CC(C)(CC(=O)O)NC(=O)COCC(F)(F)F. The van der Waals surface area contributed by atoms with Crippen LogP contribution in [0.15, 0.2) is 0 Å². The molecule has 0 fully saturated rings. The van der Waals surface area contributed by atoms with Crippen molar-refractivity contribution in [3.05, 3.63) is 0 Å². The minimum Gasteiger partial charge on any atom is -0.481 e. The Morgan fingerprint density at radius 2 is 1.82 bits per heavy atom. The van der Waals surface area contributed by atoms with Gasteiger partial charge < -0.3 is 15.2 Å². The number of halogens is 3. The fraction of sp³-hybridized carbons (Fsp3) is 0.778. The second kappa shape index (κ2) is 5.85. The van der Waals surface area contributed by atoms with Gasteiger partial charge in [0.2, 0.25) is 5.91 Å². The van der Waals surface area contributed by atoms with Crippen LogP contribution < -0.4 is 5.32 Å². The van der Waals surface area contributed by atoms with Crippen LogP contribution >= 0.6 is 0 Å². The maximum Gasteiger partial charge on any atom is 0.411 e. The normalized spacial score (nSPS) is 12.3. The monoisotopic (exact) mass is 257 g/mol. The summed E-state index contributed by atoms with van der Waals surface area (Å²) in [5.74, 6) is -1.91. The summed E-state index contributed by atoms with van der Waals surface area (Å²) in [6.07, 6.45) is -4.82. The topological polar surface area (TPSA) is 75.6 Å². The van der Waals surface area contributed by atoms with Crippen molar-refractivity contribution in [2.24, 2.45) is 0 Å². The van der Waals surface area contributed by atoms with Gasteiger partial charge in [-0.05, 0) is 13.8 Å². The lowest BCUT2D eigenvalue weighted by atomic mass is 10.0. The Hall–Kier alpha value is -1.31. The number of nitrogens with one attached hydrogen (secondary N) is 1.